The number of halogens is 1. The fraction of sp³-hybridized carbons (Fsp3) is 0.462. The van der Waals surface area contributed by atoms with E-state index in [0.717, 1.165) is 17.0 Å². The van der Waals surface area contributed by atoms with Gasteiger partial charge >= 0.3 is 0 Å². The third kappa shape index (κ3) is 1.82. The van der Waals surface area contributed by atoms with Crippen molar-refractivity contribution >= 4 is 17.2 Å². The summed E-state index contributed by atoms with van der Waals surface area (Å²) in [6.07, 6.45) is 2.09. The molecule has 0 radical (unpaired) electrons. The molecule has 0 unspecified atom stereocenters. The van der Waals surface area contributed by atoms with Gasteiger partial charge in [0.1, 0.15) is 5.65 Å². The SMILES string of the molecule is Cc1ccc2nc(C(C)(C)C)c(CCl)n2c1. The van der Waals surface area contributed by atoms with Crippen LogP contribution in [0.15, 0.2) is 18.3 Å². The maximum absolute atomic E-state index is 6.05. The maximum Gasteiger partial charge on any atom is 0.137 e. The van der Waals surface area contributed by atoms with Crippen LogP contribution in [0.1, 0.15) is 37.7 Å². The van der Waals surface area contributed by atoms with Crippen molar-refractivity contribution < 1.29 is 0 Å². The second-order valence-electron chi connectivity index (χ2n) is 5.23. The van der Waals surface area contributed by atoms with Gasteiger partial charge in [0.05, 0.1) is 17.3 Å². The highest BCUT2D eigenvalue weighted by atomic mass is 35.5. The minimum atomic E-state index is 0.0319. The van der Waals surface area contributed by atoms with Gasteiger partial charge in [-0.05, 0) is 18.6 Å². The van der Waals surface area contributed by atoms with Crippen molar-refractivity contribution in [1.29, 1.82) is 0 Å². The fourth-order valence-corrected chi connectivity index (χ4v) is 2.18. The highest BCUT2D eigenvalue weighted by molar-refractivity contribution is 6.17. The molecular weight excluding hydrogens is 220 g/mol. The summed E-state index contributed by atoms with van der Waals surface area (Å²) in [6.45, 7) is 8.57. The smallest absolute Gasteiger partial charge is 0.137 e. The largest absolute Gasteiger partial charge is 0.302 e. The zero-order chi connectivity index (χ0) is 11.9. The summed E-state index contributed by atoms with van der Waals surface area (Å²) in [6, 6.07) is 4.12. The lowest BCUT2D eigenvalue weighted by Crippen LogP contribution is -2.14. The van der Waals surface area contributed by atoms with Gasteiger partial charge in [0.2, 0.25) is 0 Å². The number of rotatable bonds is 1. The van der Waals surface area contributed by atoms with Crippen LogP contribution in [0.2, 0.25) is 0 Å². The molecule has 0 amide bonds. The molecule has 3 heteroatoms. The summed E-state index contributed by atoms with van der Waals surface area (Å²) in [5.41, 5.74) is 4.42. The van der Waals surface area contributed by atoms with Gasteiger partial charge in [-0.3, -0.25) is 0 Å². The van der Waals surface area contributed by atoms with Gasteiger partial charge < -0.3 is 4.40 Å². The minimum absolute atomic E-state index is 0.0319. The summed E-state index contributed by atoms with van der Waals surface area (Å²) >= 11 is 6.05. The van der Waals surface area contributed by atoms with Crippen LogP contribution in [-0.4, -0.2) is 9.38 Å². The Morgan fingerprint density at radius 3 is 2.56 bits per heavy atom. The van der Waals surface area contributed by atoms with Gasteiger partial charge in [-0.25, -0.2) is 4.98 Å². The number of pyridine rings is 1. The van der Waals surface area contributed by atoms with Crippen LogP contribution < -0.4 is 0 Å². The van der Waals surface area contributed by atoms with E-state index in [1.54, 1.807) is 0 Å². The van der Waals surface area contributed by atoms with E-state index in [0.29, 0.717) is 5.88 Å². The predicted molar refractivity (Wildman–Crippen MR) is 68.2 cm³/mol. The third-order valence-electron chi connectivity index (χ3n) is 2.70. The molecule has 0 aliphatic rings. The minimum Gasteiger partial charge on any atom is -0.302 e. The lowest BCUT2D eigenvalue weighted by atomic mass is 9.91. The molecule has 2 heterocycles. The molecule has 2 aromatic rings. The fourth-order valence-electron chi connectivity index (χ4n) is 1.93. The summed E-state index contributed by atoms with van der Waals surface area (Å²) in [4.78, 5) is 4.67. The van der Waals surface area contributed by atoms with Crippen LogP contribution in [0.25, 0.3) is 5.65 Å². The Labute approximate surface area is 101 Å². The molecule has 16 heavy (non-hydrogen) atoms. The Morgan fingerprint density at radius 2 is 2.00 bits per heavy atom. The monoisotopic (exact) mass is 236 g/mol. The van der Waals surface area contributed by atoms with E-state index in [1.165, 1.54) is 5.56 Å². The molecule has 2 rings (SSSR count). The quantitative estimate of drug-likeness (QED) is 0.691. The first-order valence-corrected chi connectivity index (χ1v) is 6.01. The maximum atomic E-state index is 6.05. The van der Waals surface area contributed by atoms with E-state index in [-0.39, 0.29) is 5.41 Å². The molecule has 0 saturated heterocycles. The lowest BCUT2D eigenvalue weighted by Gasteiger charge is -2.16. The van der Waals surface area contributed by atoms with Gasteiger partial charge in [-0.1, -0.05) is 26.8 Å². The molecule has 0 saturated carbocycles. The van der Waals surface area contributed by atoms with Gasteiger partial charge in [-0.2, -0.15) is 0 Å². The third-order valence-corrected chi connectivity index (χ3v) is 2.96. The van der Waals surface area contributed by atoms with Crippen molar-refractivity contribution in [3.8, 4) is 0 Å². The van der Waals surface area contributed by atoms with Crippen molar-refractivity contribution in [3.63, 3.8) is 0 Å². The molecule has 0 N–H and O–H groups in total. The summed E-state index contributed by atoms with van der Waals surface area (Å²) in [7, 11) is 0. The molecule has 0 aromatic carbocycles. The number of aryl methyl sites for hydroxylation is 1. The molecule has 0 fully saturated rings. The molecular formula is C13H17ClN2. The number of nitrogens with zero attached hydrogens (tertiary/aromatic N) is 2. The topological polar surface area (TPSA) is 17.3 Å². The summed E-state index contributed by atoms with van der Waals surface area (Å²) in [5.74, 6) is 0.497. The first-order chi connectivity index (χ1) is 7.43. The number of aromatic nitrogens is 2. The van der Waals surface area contributed by atoms with Crippen molar-refractivity contribution in [2.24, 2.45) is 0 Å². The Kier molecular flexibility index (Phi) is 2.70. The van der Waals surface area contributed by atoms with Crippen LogP contribution in [0.5, 0.6) is 0 Å². The van der Waals surface area contributed by atoms with E-state index in [1.807, 2.05) is 6.07 Å². The van der Waals surface area contributed by atoms with E-state index < -0.39 is 0 Å². The second-order valence-corrected chi connectivity index (χ2v) is 5.49. The van der Waals surface area contributed by atoms with Crippen LogP contribution >= 0.6 is 11.6 Å². The Bertz CT molecular complexity index is 520. The van der Waals surface area contributed by atoms with Crippen molar-refractivity contribution in [2.45, 2.75) is 39.0 Å². The van der Waals surface area contributed by atoms with E-state index in [9.17, 15) is 0 Å². The van der Waals surface area contributed by atoms with Gasteiger partial charge in [-0.15, -0.1) is 11.6 Å². The number of alkyl halides is 1. The number of imidazole rings is 1. The predicted octanol–water partition coefficient (Wildman–Crippen LogP) is 3.68. The number of hydrogen-bond donors (Lipinski definition) is 0. The van der Waals surface area contributed by atoms with Crippen molar-refractivity contribution in [3.05, 3.63) is 35.3 Å². The molecule has 86 valence electrons. The molecule has 0 spiro atoms. The van der Waals surface area contributed by atoms with Crippen molar-refractivity contribution in [2.75, 3.05) is 0 Å². The Balaban J connectivity index is 2.77. The van der Waals surface area contributed by atoms with Gasteiger partial charge in [0, 0.05) is 11.6 Å². The highest BCUT2D eigenvalue weighted by Crippen LogP contribution is 2.27. The van der Waals surface area contributed by atoms with Crippen LogP contribution in [0.3, 0.4) is 0 Å². The standard InChI is InChI=1S/C13H17ClN2/c1-9-5-6-11-15-12(13(2,3)4)10(7-14)16(11)8-9/h5-6,8H,7H2,1-4H3. The van der Waals surface area contributed by atoms with Crippen LogP contribution in [-0.2, 0) is 11.3 Å². The summed E-state index contributed by atoms with van der Waals surface area (Å²) < 4.78 is 2.10. The van der Waals surface area contributed by atoms with E-state index in [2.05, 4.69) is 49.3 Å². The van der Waals surface area contributed by atoms with Crippen molar-refractivity contribution in [1.82, 2.24) is 9.38 Å². The molecule has 0 aliphatic heterocycles. The first-order valence-electron chi connectivity index (χ1n) is 5.47. The summed E-state index contributed by atoms with van der Waals surface area (Å²) in [5, 5.41) is 0. The molecule has 0 bridgehead atoms. The van der Waals surface area contributed by atoms with Crippen LogP contribution in [0, 0.1) is 6.92 Å². The molecule has 2 nitrogen and oxygen atoms in total. The number of hydrogen-bond acceptors (Lipinski definition) is 1. The zero-order valence-corrected chi connectivity index (χ0v) is 11.0. The molecule has 2 aromatic heterocycles. The van der Waals surface area contributed by atoms with Gasteiger partial charge in [0.25, 0.3) is 0 Å². The average Bonchev–Trinajstić information content (AvgIpc) is 2.54. The molecule has 0 aliphatic carbocycles. The molecule has 0 atom stereocenters. The number of fused-ring (bicyclic) bond motifs is 1. The van der Waals surface area contributed by atoms with Crippen LogP contribution in [0.4, 0.5) is 0 Å². The average molecular weight is 237 g/mol. The normalized spacial score (nSPS) is 12.3. The highest BCUT2D eigenvalue weighted by Gasteiger charge is 2.22. The zero-order valence-electron chi connectivity index (χ0n) is 10.2. The first kappa shape index (κ1) is 11.5. The Hall–Kier alpha value is -1.02. The van der Waals surface area contributed by atoms with E-state index in [4.69, 9.17) is 11.6 Å². The second kappa shape index (κ2) is 3.77. The Morgan fingerprint density at radius 1 is 1.31 bits per heavy atom. The van der Waals surface area contributed by atoms with Gasteiger partial charge in [0.15, 0.2) is 0 Å². The van der Waals surface area contributed by atoms with E-state index >= 15 is 0 Å². The lowest BCUT2D eigenvalue weighted by molar-refractivity contribution is 0.567.